The number of rotatable bonds is 13. The van der Waals surface area contributed by atoms with Gasteiger partial charge in [0.1, 0.15) is 23.9 Å². The Bertz CT molecular complexity index is 1840. The summed E-state index contributed by atoms with van der Waals surface area (Å²) in [5, 5.41) is 20.5. The van der Waals surface area contributed by atoms with Gasteiger partial charge in [0.2, 0.25) is 5.13 Å². The zero-order valence-corrected chi connectivity index (χ0v) is 27.4. The van der Waals surface area contributed by atoms with Crippen LogP contribution in [0.3, 0.4) is 0 Å². The highest BCUT2D eigenvalue weighted by atomic mass is 32.2. The fourth-order valence-corrected chi connectivity index (χ4v) is 6.93. The molecule has 0 radical (unpaired) electrons. The molecule has 0 bridgehead atoms. The average molecular weight is 664 g/mol. The van der Waals surface area contributed by atoms with Crippen LogP contribution in [0.2, 0.25) is 0 Å². The summed E-state index contributed by atoms with van der Waals surface area (Å²) in [5.74, 6) is 0.116. The van der Waals surface area contributed by atoms with Crippen LogP contribution in [0.15, 0.2) is 119 Å². The maximum atomic E-state index is 13.7. The van der Waals surface area contributed by atoms with Crippen LogP contribution in [0.25, 0.3) is 5.76 Å². The van der Waals surface area contributed by atoms with Crippen LogP contribution in [0.5, 0.6) is 11.5 Å². The Morgan fingerprint density at radius 2 is 1.47 bits per heavy atom. The molecule has 8 nitrogen and oxygen atoms in total. The maximum absolute atomic E-state index is 13.7. The molecule has 47 heavy (non-hydrogen) atoms. The first kappa shape index (κ1) is 32.0. The number of nitrogens with zero attached hydrogens (tertiary/aromatic N) is 3. The van der Waals surface area contributed by atoms with E-state index in [1.807, 2.05) is 60.7 Å². The van der Waals surface area contributed by atoms with Crippen molar-refractivity contribution in [2.75, 3.05) is 11.5 Å². The molecule has 4 aromatic carbocycles. The molecule has 1 aliphatic heterocycles. The van der Waals surface area contributed by atoms with Crippen LogP contribution in [0.4, 0.5) is 5.13 Å². The van der Waals surface area contributed by atoms with Crippen LogP contribution in [0.1, 0.15) is 48.1 Å². The lowest BCUT2D eigenvalue weighted by atomic mass is 9.95. The van der Waals surface area contributed by atoms with E-state index in [0.29, 0.717) is 45.9 Å². The number of hydrogen-bond donors (Lipinski definition) is 1. The molecule has 0 aliphatic carbocycles. The molecule has 1 fully saturated rings. The minimum absolute atomic E-state index is 0.0266. The second-order valence-corrected chi connectivity index (χ2v) is 13.0. The molecule has 10 heteroatoms. The van der Waals surface area contributed by atoms with Crippen molar-refractivity contribution in [3.8, 4) is 11.5 Å². The van der Waals surface area contributed by atoms with Gasteiger partial charge in [-0.1, -0.05) is 109 Å². The van der Waals surface area contributed by atoms with Crippen molar-refractivity contribution in [2.45, 2.75) is 42.5 Å². The monoisotopic (exact) mass is 663 g/mol. The molecule has 1 aromatic heterocycles. The van der Waals surface area contributed by atoms with E-state index in [9.17, 15) is 14.7 Å². The van der Waals surface area contributed by atoms with Crippen molar-refractivity contribution in [3.05, 3.63) is 137 Å². The molecular weight excluding hydrogens is 631 g/mol. The number of carbonyl (C=O) groups excluding carboxylic acids is 2. The second kappa shape index (κ2) is 15.1. The van der Waals surface area contributed by atoms with Gasteiger partial charge in [-0.3, -0.25) is 14.5 Å². The number of ketones is 1. The summed E-state index contributed by atoms with van der Waals surface area (Å²) in [6.45, 7) is 3.07. The fraction of sp³-hybridized carbons (Fsp3) is 0.189. The number of unbranched alkanes of at least 4 members (excludes halogenated alkanes) is 1. The van der Waals surface area contributed by atoms with Crippen molar-refractivity contribution in [1.82, 2.24) is 10.2 Å². The van der Waals surface area contributed by atoms with E-state index >= 15 is 0 Å². The summed E-state index contributed by atoms with van der Waals surface area (Å²) in [6, 6.07) is 32.9. The summed E-state index contributed by atoms with van der Waals surface area (Å²) in [4.78, 5) is 28.7. The number of amides is 1. The summed E-state index contributed by atoms with van der Waals surface area (Å²) in [5.41, 5.74) is 3.15. The Hall–Kier alpha value is -4.93. The van der Waals surface area contributed by atoms with Crippen molar-refractivity contribution < 1.29 is 24.2 Å². The number of carbonyl (C=O) groups is 2. The van der Waals surface area contributed by atoms with Gasteiger partial charge >= 0.3 is 5.91 Å². The van der Waals surface area contributed by atoms with Gasteiger partial charge in [-0.05, 0) is 59.5 Å². The van der Waals surface area contributed by atoms with E-state index in [-0.39, 0.29) is 16.5 Å². The molecule has 238 valence electrons. The molecule has 1 N–H and O–H groups in total. The largest absolute Gasteiger partial charge is 0.507 e. The van der Waals surface area contributed by atoms with E-state index in [4.69, 9.17) is 9.47 Å². The topological polar surface area (TPSA) is 102 Å². The predicted octanol–water partition coefficient (Wildman–Crippen LogP) is 8.21. The van der Waals surface area contributed by atoms with Gasteiger partial charge in [-0.25, -0.2) is 0 Å². The third-order valence-corrected chi connectivity index (χ3v) is 9.72. The Balaban J connectivity index is 1.32. The molecule has 1 saturated heterocycles. The minimum atomic E-state index is -0.932. The van der Waals surface area contributed by atoms with Gasteiger partial charge in [-0.15, -0.1) is 10.2 Å². The lowest BCUT2D eigenvalue weighted by molar-refractivity contribution is -0.132. The highest BCUT2D eigenvalue weighted by Crippen LogP contribution is 2.44. The second-order valence-electron chi connectivity index (χ2n) is 10.9. The van der Waals surface area contributed by atoms with Gasteiger partial charge in [0, 0.05) is 11.3 Å². The molecular formula is C37H33N3O5S2. The lowest BCUT2D eigenvalue weighted by Gasteiger charge is -2.22. The van der Waals surface area contributed by atoms with Crippen LogP contribution in [-0.2, 0) is 21.9 Å². The smallest absolute Gasteiger partial charge is 0.301 e. The zero-order chi connectivity index (χ0) is 32.6. The molecule has 1 aliphatic rings. The van der Waals surface area contributed by atoms with E-state index < -0.39 is 17.7 Å². The van der Waals surface area contributed by atoms with Gasteiger partial charge in [0.05, 0.1) is 18.2 Å². The number of benzene rings is 4. The van der Waals surface area contributed by atoms with Crippen molar-refractivity contribution in [1.29, 1.82) is 0 Å². The van der Waals surface area contributed by atoms with Crippen molar-refractivity contribution in [3.63, 3.8) is 0 Å². The minimum Gasteiger partial charge on any atom is -0.507 e. The van der Waals surface area contributed by atoms with E-state index in [1.165, 1.54) is 28.0 Å². The Morgan fingerprint density at radius 1 is 0.830 bits per heavy atom. The van der Waals surface area contributed by atoms with Crippen LogP contribution in [0, 0.1) is 0 Å². The molecule has 5 aromatic rings. The standard InChI is InChI=1S/C37H33N3O5S2/c1-2-3-22-44-29-20-16-28(17-21-29)33(41)31-32(27-14-18-30(19-15-27)45-23-25-10-6-4-7-11-25)40(35(43)34(31)42)36-38-39-37(47-36)46-24-26-12-8-5-9-13-26/h4-21,32,41H,2-3,22-24H2,1H3/t32-/m0/s1. The Morgan fingerprint density at radius 3 is 2.15 bits per heavy atom. The number of aliphatic hydroxyl groups excluding tert-OH is 1. The maximum Gasteiger partial charge on any atom is 0.301 e. The lowest BCUT2D eigenvalue weighted by Crippen LogP contribution is -2.29. The third-order valence-electron chi connectivity index (χ3n) is 7.59. The third kappa shape index (κ3) is 7.56. The average Bonchev–Trinajstić information content (AvgIpc) is 3.69. The van der Waals surface area contributed by atoms with Crippen molar-refractivity contribution in [2.24, 2.45) is 0 Å². The molecule has 6 rings (SSSR count). The Labute approximate surface area is 281 Å². The first-order valence-corrected chi connectivity index (χ1v) is 17.1. The molecule has 1 amide bonds. The normalized spacial score (nSPS) is 15.6. The first-order chi connectivity index (χ1) is 23.0. The van der Waals surface area contributed by atoms with E-state index in [2.05, 4.69) is 17.1 Å². The highest BCUT2D eigenvalue weighted by molar-refractivity contribution is 8.00. The van der Waals surface area contributed by atoms with Crippen LogP contribution < -0.4 is 14.4 Å². The number of ether oxygens (including phenoxy) is 2. The quantitative estimate of drug-likeness (QED) is 0.0336. The molecule has 0 spiro atoms. The number of thioether (sulfide) groups is 1. The molecule has 0 unspecified atom stereocenters. The number of aromatic nitrogens is 2. The number of anilines is 1. The summed E-state index contributed by atoms with van der Waals surface area (Å²) in [7, 11) is 0. The highest BCUT2D eigenvalue weighted by Gasteiger charge is 2.48. The molecule has 0 saturated carbocycles. The number of Topliss-reactive ketones (excluding diaryl/α,β-unsaturated/α-hetero) is 1. The summed E-state index contributed by atoms with van der Waals surface area (Å²) >= 11 is 2.73. The van der Waals surface area contributed by atoms with Crippen LogP contribution in [-0.4, -0.2) is 33.6 Å². The number of hydrogen-bond acceptors (Lipinski definition) is 9. The van der Waals surface area contributed by atoms with Gasteiger partial charge in [0.25, 0.3) is 5.78 Å². The summed E-state index contributed by atoms with van der Waals surface area (Å²) in [6.07, 6.45) is 1.94. The zero-order valence-electron chi connectivity index (χ0n) is 25.7. The van der Waals surface area contributed by atoms with Gasteiger partial charge in [0.15, 0.2) is 4.34 Å². The fourth-order valence-electron chi connectivity index (χ4n) is 5.11. The van der Waals surface area contributed by atoms with Gasteiger partial charge in [-0.2, -0.15) is 0 Å². The Kier molecular flexibility index (Phi) is 10.3. The van der Waals surface area contributed by atoms with Crippen molar-refractivity contribution >= 4 is 45.7 Å². The molecule has 2 heterocycles. The molecule has 1 atom stereocenters. The predicted molar refractivity (Wildman–Crippen MR) is 185 cm³/mol. The number of aliphatic hydroxyl groups is 1. The SMILES string of the molecule is CCCCOc1ccc(C(O)=C2C(=O)C(=O)N(c3nnc(SCc4ccccc4)s3)[C@H]2c2ccc(OCc3ccccc3)cc2)cc1. The van der Waals surface area contributed by atoms with E-state index in [0.717, 1.165) is 24.0 Å². The van der Waals surface area contributed by atoms with E-state index in [1.54, 1.807) is 48.5 Å². The van der Waals surface area contributed by atoms with Gasteiger partial charge < -0.3 is 14.6 Å². The van der Waals surface area contributed by atoms with Crippen LogP contribution >= 0.6 is 23.1 Å². The first-order valence-electron chi connectivity index (χ1n) is 15.3. The summed E-state index contributed by atoms with van der Waals surface area (Å²) < 4.78 is 12.4.